The molecule has 0 unspecified atom stereocenters. The minimum absolute atomic E-state index is 0.0608. The number of H-pyrrole nitrogens is 1. The Morgan fingerprint density at radius 2 is 2.58 bits per heavy atom. The zero-order chi connectivity index (χ0) is 8.55. The van der Waals surface area contributed by atoms with Crippen molar-refractivity contribution in [1.29, 1.82) is 0 Å². The molecule has 5 heteroatoms. The molecule has 0 saturated heterocycles. The lowest BCUT2D eigenvalue weighted by atomic mass is 10.4. The average Bonchev–Trinajstić information content (AvgIpc) is 2.49. The second-order valence-electron chi connectivity index (χ2n) is 2.73. The summed E-state index contributed by atoms with van der Waals surface area (Å²) in [6.45, 7) is 0.567. The molecule has 1 aromatic rings. The number of rotatable bonds is 1. The second-order valence-corrected chi connectivity index (χ2v) is 2.73. The summed E-state index contributed by atoms with van der Waals surface area (Å²) in [5, 5.41) is 8.82. The van der Waals surface area contributed by atoms with Crippen LogP contribution in [-0.2, 0) is 6.61 Å². The van der Waals surface area contributed by atoms with E-state index in [1.165, 1.54) is 0 Å². The molecule has 0 radical (unpaired) electrons. The van der Waals surface area contributed by atoms with Crippen LogP contribution in [0.5, 0.6) is 0 Å². The van der Waals surface area contributed by atoms with Gasteiger partial charge in [0.1, 0.15) is 24.8 Å². The van der Waals surface area contributed by atoms with E-state index >= 15 is 0 Å². The van der Waals surface area contributed by atoms with Crippen LogP contribution in [0.4, 0.5) is 5.82 Å². The molecule has 0 saturated carbocycles. The molecule has 0 aromatic carbocycles. The van der Waals surface area contributed by atoms with Gasteiger partial charge in [0, 0.05) is 7.05 Å². The highest BCUT2D eigenvalue weighted by Gasteiger charge is 2.14. The Labute approximate surface area is 69.8 Å². The standard InChI is InChI=1S/C7H10N4O/c1-11-4-8-2-5-7(11)10-6(3-12)9-5/h2,12H,3-4H2,1H3,(H,9,10). The van der Waals surface area contributed by atoms with Gasteiger partial charge in [0.2, 0.25) is 0 Å². The molecule has 2 heterocycles. The van der Waals surface area contributed by atoms with Gasteiger partial charge in [-0.25, -0.2) is 4.98 Å². The fraction of sp³-hybridized carbons (Fsp3) is 0.429. The van der Waals surface area contributed by atoms with Gasteiger partial charge in [0.05, 0.1) is 6.21 Å². The van der Waals surface area contributed by atoms with E-state index in [1.54, 1.807) is 6.21 Å². The van der Waals surface area contributed by atoms with Crippen molar-refractivity contribution in [2.75, 3.05) is 18.6 Å². The number of aliphatic imine (C=N–C) groups is 1. The molecule has 2 N–H and O–H groups in total. The third-order valence-corrected chi connectivity index (χ3v) is 1.79. The molecule has 2 rings (SSSR count). The van der Waals surface area contributed by atoms with Crippen molar-refractivity contribution in [3.63, 3.8) is 0 Å². The van der Waals surface area contributed by atoms with Gasteiger partial charge >= 0.3 is 0 Å². The lowest BCUT2D eigenvalue weighted by Gasteiger charge is -2.17. The average molecular weight is 166 g/mol. The topological polar surface area (TPSA) is 64.5 Å². The predicted octanol–water partition coefficient (Wildman–Crippen LogP) is -0.272. The molecular weight excluding hydrogens is 156 g/mol. The van der Waals surface area contributed by atoms with E-state index in [2.05, 4.69) is 15.0 Å². The van der Waals surface area contributed by atoms with Crippen LogP contribution >= 0.6 is 0 Å². The molecule has 12 heavy (non-hydrogen) atoms. The molecule has 0 amide bonds. The summed E-state index contributed by atoms with van der Waals surface area (Å²) in [6, 6.07) is 0. The smallest absolute Gasteiger partial charge is 0.157 e. The van der Waals surface area contributed by atoms with Crippen molar-refractivity contribution in [3.05, 3.63) is 11.5 Å². The highest BCUT2D eigenvalue weighted by Crippen LogP contribution is 2.17. The summed E-state index contributed by atoms with van der Waals surface area (Å²) in [4.78, 5) is 13.2. The molecule has 0 aliphatic carbocycles. The molecule has 1 aliphatic rings. The number of aliphatic hydroxyl groups is 1. The van der Waals surface area contributed by atoms with Crippen LogP contribution in [0.1, 0.15) is 11.5 Å². The summed E-state index contributed by atoms with van der Waals surface area (Å²) < 4.78 is 0. The highest BCUT2D eigenvalue weighted by molar-refractivity contribution is 5.86. The predicted molar refractivity (Wildman–Crippen MR) is 45.4 cm³/mol. The number of aromatic amines is 1. The van der Waals surface area contributed by atoms with Gasteiger partial charge in [-0.1, -0.05) is 0 Å². The Bertz CT molecular complexity index is 317. The van der Waals surface area contributed by atoms with E-state index < -0.39 is 0 Å². The minimum atomic E-state index is -0.0608. The maximum atomic E-state index is 8.82. The molecule has 1 aliphatic heterocycles. The highest BCUT2D eigenvalue weighted by atomic mass is 16.3. The fourth-order valence-electron chi connectivity index (χ4n) is 1.20. The van der Waals surface area contributed by atoms with Crippen molar-refractivity contribution in [3.8, 4) is 0 Å². The number of hydrogen-bond acceptors (Lipinski definition) is 4. The van der Waals surface area contributed by atoms with Crippen molar-refractivity contribution >= 4 is 12.0 Å². The third kappa shape index (κ3) is 0.984. The Morgan fingerprint density at radius 3 is 3.25 bits per heavy atom. The molecule has 0 bridgehead atoms. The van der Waals surface area contributed by atoms with Gasteiger partial charge in [0.15, 0.2) is 5.82 Å². The van der Waals surface area contributed by atoms with Crippen molar-refractivity contribution in [2.24, 2.45) is 4.99 Å². The Balaban J connectivity index is 2.45. The van der Waals surface area contributed by atoms with Gasteiger partial charge < -0.3 is 15.0 Å². The SMILES string of the molecule is CN1CN=Cc2[nH]c(CO)nc21. The van der Waals surface area contributed by atoms with Crippen LogP contribution in [0.25, 0.3) is 0 Å². The lowest BCUT2D eigenvalue weighted by Crippen LogP contribution is -2.21. The normalized spacial score (nSPS) is 15.0. The maximum absolute atomic E-state index is 8.82. The third-order valence-electron chi connectivity index (χ3n) is 1.79. The summed E-state index contributed by atoms with van der Waals surface area (Å²) in [6.07, 6.45) is 1.74. The minimum Gasteiger partial charge on any atom is -0.388 e. The van der Waals surface area contributed by atoms with E-state index in [4.69, 9.17) is 5.11 Å². The van der Waals surface area contributed by atoms with E-state index in [-0.39, 0.29) is 6.61 Å². The Hall–Kier alpha value is -1.36. The van der Waals surface area contributed by atoms with Crippen LogP contribution in [0.2, 0.25) is 0 Å². The Kier molecular flexibility index (Phi) is 1.58. The summed E-state index contributed by atoms with van der Waals surface area (Å²) in [5.41, 5.74) is 0.868. The van der Waals surface area contributed by atoms with Crippen molar-refractivity contribution < 1.29 is 5.11 Å². The first kappa shape index (κ1) is 7.30. The van der Waals surface area contributed by atoms with E-state index in [0.717, 1.165) is 11.5 Å². The lowest BCUT2D eigenvalue weighted by molar-refractivity contribution is 0.272. The van der Waals surface area contributed by atoms with Crippen LogP contribution in [0, 0.1) is 0 Å². The molecule has 0 fully saturated rings. The number of nitrogens with one attached hydrogen (secondary N) is 1. The summed E-state index contributed by atoms with van der Waals surface area (Å²) >= 11 is 0. The molecule has 1 aromatic heterocycles. The molecule has 0 spiro atoms. The summed E-state index contributed by atoms with van der Waals surface area (Å²) in [7, 11) is 1.91. The van der Waals surface area contributed by atoms with Crippen LogP contribution in [0.15, 0.2) is 4.99 Å². The van der Waals surface area contributed by atoms with E-state index in [9.17, 15) is 0 Å². The van der Waals surface area contributed by atoms with Crippen LogP contribution in [-0.4, -0.2) is 35.0 Å². The summed E-state index contributed by atoms with van der Waals surface area (Å²) in [5.74, 6) is 1.44. The molecule has 64 valence electrons. The number of nitrogens with zero attached hydrogens (tertiary/aromatic N) is 3. The van der Waals surface area contributed by atoms with Crippen LogP contribution < -0.4 is 4.90 Å². The number of aromatic nitrogens is 2. The second kappa shape index (κ2) is 2.60. The number of hydrogen-bond donors (Lipinski definition) is 2. The number of imidazole rings is 1. The monoisotopic (exact) mass is 166 g/mol. The number of aliphatic hydroxyl groups excluding tert-OH is 1. The molecule has 5 nitrogen and oxygen atoms in total. The quantitative estimate of drug-likeness (QED) is 0.603. The van der Waals surface area contributed by atoms with Gasteiger partial charge in [0.25, 0.3) is 0 Å². The molecular formula is C7H10N4O. The zero-order valence-corrected chi connectivity index (χ0v) is 6.78. The first-order valence-electron chi connectivity index (χ1n) is 3.72. The first-order valence-corrected chi connectivity index (χ1v) is 3.72. The number of fused-ring (bicyclic) bond motifs is 1. The van der Waals surface area contributed by atoms with Gasteiger partial charge in [-0.2, -0.15) is 0 Å². The fourth-order valence-corrected chi connectivity index (χ4v) is 1.20. The Morgan fingerprint density at radius 1 is 1.75 bits per heavy atom. The van der Waals surface area contributed by atoms with Gasteiger partial charge in [-0.15, -0.1) is 0 Å². The molecule has 0 atom stereocenters. The largest absolute Gasteiger partial charge is 0.388 e. The van der Waals surface area contributed by atoms with E-state index in [1.807, 2.05) is 11.9 Å². The van der Waals surface area contributed by atoms with Gasteiger partial charge in [-0.05, 0) is 0 Å². The van der Waals surface area contributed by atoms with E-state index in [0.29, 0.717) is 12.5 Å². The van der Waals surface area contributed by atoms with Gasteiger partial charge in [-0.3, -0.25) is 4.99 Å². The first-order chi connectivity index (χ1) is 5.81. The zero-order valence-electron chi connectivity index (χ0n) is 6.78. The van der Waals surface area contributed by atoms with Crippen LogP contribution in [0.3, 0.4) is 0 Å². The maximum Gasteiger partial charge on any atom is 0.157 e. The number of anilines is 1. The van der Waals surface area contributed by atoms with Crippen molar-refractivity contribution in [1.82, 2.24) is 9.97 Å². The van der Waals surface area contributed by atoms with Crippen molar-refractivity contribution in [2.45, 2.75) is 6.61 Å².